The summed E-state index contributed by atoms with van der Waals surface area (Å²) >= 11 is 0. The molecule has 0 fully saturated rings. The average Bonchev–Trinajstić information content (AvgIpc) is 2.30. The van der Waals surface area contributed by atoms with Gasteiger partial charge >= 0.3 is 0 Å². The van der Waals surface area contributed by atoms with E-state index in [-0.39, 0.29) is 0 Å². The number of hydrogen-bond donors (Lipinski definition) is 2. The first kappa shape index (κ1) is 13.1. The maximum absolute atomic E-state index is 5.60. The van der Waals surface area contributed by atoms with Gasteiger partial charge < -0.3 is 0 Å². The molecule has 16 heavy (non-hydrogen) atoms. The lowest BCUT2D eigenvalue weighted by atomic mass is 9.94. The first-order valence-electron chi connectivity index (χ1n) is 6.11. The normalized spacial score (nSPS) is 14.7. The van der Waals surface area contributed by atoms with Crippen molar-refractivity contribution < 1.29 is 0 Å². The molecule has 2 atom stereocenters. The van der Waals surface area contributed by atoms with E-state index in [2.05, 4.69) is 36.4 Å². The summed E-state index contributed by atoms with van der Waals surface area (Å²) in [5.74, 6) is 6.33. The van der Waals surface area contributed by atoms with Crippen molar-refractivity contribution in [1.29, 1.82) is 0 Å². The van der Waals surface area contributed by atoms with Gasteiger partial charge in [0, 0.05) is 18.4 Å². The van der Waals surface area contributed by atoms with Gasteiger partial charge in [0.1, 0.15) is 0 Å². The molecule has 90 valence electrons. The molecule has 1 aromatic heterocycles. The highest BCUT2D eigenvalue weighted by molar-refractivity contribution is 5.11. The molecule has 0 saturated heterocycles. The van der Waals surface area contributed by atoms with Gasteiger partial charge in [0.2, 0.25) is 0 Å². The quantitative estimate of drug-likeness (QED) is 0.548. The lowest BCUT2D eigenvalue weighted by molar-refractivity contribution is 0.385. The largest absolute Gasteiger partial charge is 0.271 e. The standard InChI is InChI=1S/C13H23N3/c1-3-4-11(2)9-13(16-14)10-12-5-7-15-8-6-12/h5-8,11,13,16H,3-4,9-10,14H2,1-2H3. The Bertz CT molecular complexity index is 274. The number of nitrogens with one attached hydrogen (secondary N) is 1. The maximum Gasteiger partial charge on any atom is 0.0270 e. The Kier molecular flexibility index (Phi) is 6.04. The minimum Gasteiger partial charge on any atom is -0.271 e. The molecule has 3 N–H and O–H groups in total. The molecule has 0 aliphatic rings. The highest BCUT2D eigenvalue weighted by Crippen LogP contribution is 2.14. The summed E-state index contributed by atoms with van der Waals surface area (Å²) in [6.45, 7) is 4.52. The fourth-order valence-electron chi connectivity index (χ4n) is 2.11. The third kappa shape index (κ3) is 4.73. The summed E-state index contributed by atoms with van der Waals surface area (Å²) in [5.41, 5.74) is 4.21. The van der Waals surface area contributed by atoms with Crippen LogP contribution in [0.3, 0.4) is 0 Å². The highest BCUT2D eigenvalue weighted by atomic mass is 15.2. The molecule has 1 rings (SSSR count). The van der Waals surface area contributed by atoms with Gasteiger partial charge in [-0.1, -0.05) is 26.7 Å². The van der Waals surface area contributed by atoms with Crippen molar-refractivity contribution in [1.82, 2.24) is 10.4 Å². The van der Waals surface area contributed by atoms with E-state index in [0.29, 0.717) is 6.04 Å². The fourth-order valence-corrected chi connectivity index (χ4v) is 2.11. The Labute approximate surface area is 98.4 Å². The van der Waals surface area contributed by atoms with Crippen molar-refractivity contribution in [3.63, 3.8) is 0 Å². The molecule has 0 aliphatic heterocycles. The van der Waals surface area contributed by atoms with Gasteiger partial charge in [0.25, 0.3) is 0 Å². The smallest absolute Gasteiger partial charge is 0.0270 e. The first-order valence-corrected chi connectivity index (χ1v) is 6.11. The van der Waals surface area contributed by atoms with Crippen LogP contribution in [0, 0.1) is 5.92 Å². The third-order valence-corrected chi connectivity index (χ3v) is 2.94. The van der Waals surface area contributed by atoms with Gasteiger partial charge in [0.15, 0.2) is 0 Å². The molecule has 0 aromatic carbocycles. The molecule has 0 saturated carbocycles. The molecule has 0 spiro atoms. The Hall–Kier alpha value is -0.930. The Balaban J connectivity index is 2.43. The summed E-state index contributed by atoms with van der Waals surface area (Å²) < 4.78 is 0. The zero-order valence-corrected chi connectivity index (χ0v) is 10.3. The molecule has 0 aliphatic carbocycles. The van der Waals surface area contributed by atoms with Gasteiger partial charge in [-0.05, 0) is 36.5 Å². The molecule has 0 bridgehead atoms. The Morgan fingerprint density at radius 3 is 2.62 bits per heavy atom. The van der Waals surface area contributed by atoms with Crippen LogP contribution in [-0.2, 0) is 6.42 Å². The number of pyridine rings is 1. The number of nitrogens with zero attached hydrogens (tertiary/aromatic N) is 1. The van der Waals surface area contributed by atoms with Crippen molar-refractivity contribution in [3.05, 3.63) is 30.1 Å². The molecular weight excluding hydrogens is 198 g/mol. The average molecular weight is 221 g/mol. The lowest BCUT2D eigenvalue weighted by Gasteiger charge is -2.20. The Morgan fingerprint density at radius 1 is 1.38 bits per heavy atom. The summed E-state index contributed by atoms with van der Waals surface area (Å²) in [5, 5.41) is 0. The number of nitrogens with two attached hydrogens (primary N) is 1. The number of hydrazine groups is 1. The molecular formula is C13H23N3. The molecule has 0 amide bonds. The van der Waals surface area contributed by atoms with E-state index in [9.17, 15) is 0 Å². The number of aromatic nitrogens is 1. The van der Waals surface area contributed by atoms with Crippen molar-refractivity contribution in [3.8, 4) is 0 Å². The first-order chi connectivity index (χ1) is 7.76. The van der Waals surface area contributed by atoms with E-state index in [1.807, 2.05) is 12.4 Å². The summed E-state index contributed by atoms with van der Waals surface area (Å²) in [4.78, 5) is 4.02. The summed E-state index contributed by atoms with van der Waals surface area (Å²) in [6, 6.07) is 4.47. The fraction of sp³-hybridized carbons (Fsp3) is 0.615. The van der Waals surface area contributed by atoms with Crippen molar-refractivity contribution in [2.45, 2.75) is 45.6 Å². The van der Waals surface area contributed by atoms with Crippen molar-refractivity contribution in [2.75, 3.05) is 0 Å². The molecule has 0 radical (unpaired) electrons. The summed E-state index contributed by atoms with van der Waals surface area (Å²) in [6.07, 6.45) is 8.29. The molecule has 2 unspecified atom stereocenters. The van der Waals surface area contributed by atoms with Crippen LogP contribution < -0.4 is 11.3 Å². The van der Waals surface area contributed by atoms with Gasteiger partial charge in [-0.2, -0.15) is 0 Å². The molecule has 1 heterocycles. The second kappa shape index (κ2) is 7.36. The summed E-state index contributed by atoms with van der Waals surface area (Å²) in [7, 11) is 0. The maximum atomic E-state index is 5.60. The van der Waals surface area contributed by atoms with Crippen molar-refractivity contribution in [2.24, 2.45) is 11.8 Å². The topological polar surface area (TPSA) is 50.9 Å². The minimum atomic E-state index is 0.365. The van der Waals surface area contributed by atoms with Gasteiger partial charge in [0.05, 0.1) is 0 Å². The van der Waals surface area contributed by atoms with E-state index in [4.69, 9.17) is 5.84 Å². The lowest BCUT2D eigenvalue weighted by Crippen LogP contribution is -2.38. The van der Waals surface area contributed by atoms with Crippen LogP contribution in [0.2, 0.25) is 0 Å². The van der Waals surface area contributed by atoms with Gasteiger partial charge in [-0.3, -0.25) is 16.3 Å². The highest BCUT2D eigenvalue weighted by Gasteiger charge is 2.11. The van der Waals surface area contributed by atoms with E-state index < -0.39 is 0 Å². The SMILES string of the molecule is CCCC(C)CC(Cc1ccncc1)NN. The van der Waals surface area contributed by atoms with Crippen LogP contribution in [0.25, 0.3) is 0 Å². The monoisotopic (exact) mass is 221 g/mol. The van der Waals surface area contributed by atoms with Crippen molar-refractivity contribution >= 4 is 0 Å². The molecule has 1 aromatic rings. The predicted octanol–water partition coefficient (Wildman–Crippen LogP) is 2.28. The molecule has 3 nitrogen and oxygen atoms in total. The van der Waals surface area contributed by atoms with Crippen LogP contribution in [0.5, 0.6) is 0 Å². The second-order valence-electron chi connectivity index (χ2n) is 4.55. The van der Waals surface area contributed by atoms with Crippen LogP contribution in [-0.4, -0.2) is 11.0 Å². The van der Waals surface area contributed by atoms with E-state index in [1.54, 1.807) is 0 Å². The predicted molar refractivity (Wildman–Crippen MR) is 67.7 cm³/mol. The van der Waals surface area contributed by atoms with E-state index in [0.717, 1.165) is 18.8 Å². The Morgan fingerprint density at radius 2 is 2.06 bits per heavy atom. The minimum absolute atomic E-state index is 0.365. The number of rotatable bonds is 7. The van der Waals surface area contributed by atoms with Crippen LogP contribution >= 0.6 is 0 Å². The van der Waals surface area contributed by atoms with Crippen LogP contribution in [0.15, 0.2) is 24.5 Å². The van der Waals surface area contributed by atoms with Gasteiger partial charge in [-0.15, -0.1) is 0 Å². The van der Waals surface area contributed by atoms with E-state index >= 15 is 0 Å². The van der Waals surface area contributed by atoms with E-state index in [1.165, 1.54) is 18.4 Å². The van der Waals surface area contributed by atoms with Gasteiger partial charge in [-0.25, -0.2) is 0 Å². The van der Waals surface area contributed by atoms with Crippen LogP contribution in [0.1, 0.15) is 38.7 Å². The second-order valence-corrected chi connectivity index (χ2v) is 4.55. The number of hydrogen-bond acceptors (Lipinski definition) is 3. The zero-order valence-electron chi connectivity index (χ0n) is 10.3. The molecule has 3 heteroatoms. The van der Waals surface area contributed by atoms with Crippen LogP contribution in [0.4, 0.5) is 0 Å². The zero-order chi connectivity index (χ0) is 11.8. The third-order valence-electron chi connectivity index (χ3n) is 2.94.